The molecule has 0 fully saturated rings. The summed E-state index contributed by atoms with van der Waals surface area (Å²) >= 11 is 4.68. The van der Waals surface area contributed by atoms with Crippen LogP contribution in [0.5, 0.6) is 0 Å². The monoisotopic (exact) mass is 291 g/mol. The fraction of sp³-hybridized carbons (Fsp3) is 0.500. The quantitative estimate of drug-likeness (QED) is 0.895. The first-order chi connectivity index (χ1) is 7.00. The second kappa shape index (κ2) is 5.09. The van der Waals surface area contributed by atoms with Crippen LogP contribution in [-0.4, -0.2) is 23.2 Å². The Balaban J connectivity index is 2.71. The second-order valence-corrected chi connectivity index (χ2v) is 6.09. The molecule has 2 N–H and O–H groups in total. The topological polar surface area (TPSA) is 49.3 Å². The van der Waals surface area contributed by atoms with Crippen LogP contribution in [0.25, 0.3) is 0 Å². The number of aliphatic hydroxyl groups is 1. The van der Waals surface area contributed by atoms with Gasteiger partial charge in [0.05, 0.1) is 20.8 Å². The Bertz CT molecular complexity index is 347. The molecular formula is C10H14BrNO2S. The number of aliphatic hydroxyl groups excluding tert-OH is 1. The lowest BCUT2D eigenvalue weighted by atomic mass is 10.0. The average Bonchev–Trinajstić information content (AvgIpc) is 2.65. The number of rotatable bonds is 4. The summed E-state index contributed by atoms with van der Waals surface area (Å²) in [7, 11) is 0. The number of carbonyl (C=O) groups excluding carboxylic acids is 1. The Hall–Kier alpha value is -0.390. The molecule has 0 saturated carbocycles. The summed E-state index contributed by atoms with van der Waals surface area (Å²) < 4.78 is 0.926. The third-order valence-electron chi connectivity index (χ3n) is 2.34. The lowest BCUT2D eigenvalue weighted by molar-refractivity contribution is 0.0851. The lowest BCUT2D eigenvalue weighted by Gasteiger charge is -2.26. The molecule has 3 nitrogen and oxygen atoms in total. The summed E-state index contributed by atoms with van der Waals surface area (Å²) in [5, 5.41) is 12.0. The van der Waals surface area contributed by atoms with Gasteiger partial charge in [0, 0.05) is 0 Å². The molecule has 0 spiro atoms. The van der Waals surface area contributed by atoms with E-state index in [-0.39, 0.29) is 12.5 Å². The van der Waals surface area contributed by atoms with Crippen molar-refractivity contribution in [1.82, 2.24) is 5.32 Å². The molecule has 5 heteroatoms. The largest absolute Gasteiger partial charge is 0.394 e. The van der Waals surface area contributed by atoms with Crippen LogP contribution in [0.3, 0.4) is 0 Å². The van der Waals surface area contributed by atoms with Gasteiger partial charge in [-0.25, -0.2) is 0 Å². The number of nitrogens with one attached hydrogen (secondary N) is 1. The molecular weight excluding hydrogens is 278 g/mol. The predicted molar refractivity (Wildman–Crippen MR) is 65.3 cm³/mol. The molecule has 0 radical (unpaired) electrons. The van der Waals surface area contributed by atoms with Crippen LogP contribution < -0.4 is 5.32 Å². The van der Waals surface area contributed by atoms with Gasteiger partial charge in [-0.1, -0.05) is 6.92 Å². The fourth-order valence-corrected chi connectivity index (χ4v) is 2.29. The summed E-state index contributed by atoms with van der Waals surface area (Å²) in [5.74, 6) is -0.135. The number of carbonyl (C=O) groups is 1. The van der Waals surface area contributed by atoms with E-state index in [1.807, 2.05) is 19.9 Å². The molecule has 1 atom stereocenters. The van der Waals surface area contributed by atoms with E-state index in [1.54, 1.807) is 6.07 Å². The molecule has 1 heterocycles. The third kappa shape index (κ3) is 3.29. The van der Waals surface area contributed by atoms with Crippen molar-refractivity contribution in [1.29, 1.82) is 0 Å². The lowest BCUT2D eigenvalue weighted by Crippen LogP contribution is -2.48. The zero-order valence-electron chi connectivity index (χ0n) is 8.71. The molecule has 0 bridgehead atoms. The van der Waals surface area contributed by atoms with Crippen LogP contribution in [0.2, 0.25) is 0 Å². The van der Waals surface area contributed by atoms with Crippen LogP contribution in [0, 0.1) is 0 Å². The maximum Gasteiger partial charge on any atom is 0.261 e. The van der Waals surface area contributed by atoms with Crippen LogP contribution in [0.4, 0.5) is 0 Å². The van der Waals surface area contributed by atoms with E-state index in [2.05, 4.69) is 21.2 Å². The van der Waals surface area contributed by atoms with Gasteiger partial charge in [0.25, 0.3) is 5.91 Å². The highest BCUT2D eigenvalue weighted by Crippen LogP contribution is 2.22. The van der Waals surface area contributed by atoms with E-state index >= 15 is 0 Å². The smallest absolute Gasteiger partial charge is 0.261 e. The Morgan fingerprint density at radius 1 is 1.67 bits per heavy atom. The second-order valence-electron chi connectivity index (χ2n) is 3.63. The van der Waals surface area contributed by atoms with Gasteiger partial charge in [0.15, 0.2) is 0 Å². The van der Waals surface area contributed by atoms with E-state index in [0.29, 0.717) is 11.3 Å². The van der Waals surface area contributed by atoms with Gasteiger partial charge >= 0.3 is 0 Å². The minimum Gasteiger partial charge on any atom is -0.394 e. The Morgan fingerprint density at radius 2 is 2.33 bits per heavy atom. The molecule has 1 aromatic heterocycles. The SMILES string of the molecule is CCC(C)(CO)NC(=O)c1ccc(Br)s1. The maximum absolute atomic E-state index is 11.8. The standard InChI is InChI=1S/C10H14BrNO2S/c1-3-10(2,6-13)12-9(14)7-4-5-8(11)15-7/h4-5,13H,3,6H2,1-2H3,(H,12,14). The number of halogens is 1. The number of hydrogen-bond acceptors (Lipinski definition) is 3. The van der Waals surface area contributed by atoms with Gasteiger partial charge in [0.2, 0.25) is 0 Å². The molecule has 84 valence electrons. The molecule has 1 amide bonds. The summed E-state index contributed by atoms with van der Waals surface area (Å²) in [6, 6.07) is 3.60. The number of amides is 1. The fourth-order valence-electron chi connectivity index (χ4n) is 1.01. The molecule has 0 aliphatic heterocycles. The normalized spacial score (nSPS) is 14.7. The predicted octanol–water partition coefficient (Wildman–Crippen LogP) is 2.40. The van der Waals surface area contributed by atoms with Gasteiger partial charge in [-0.3, -0.25) is 4.79 Å². The minimum atomic E-state index is -0.534. The first kappa shape index (κ1) is 12.7. The van der Waals surface area contributed by atoms with E-state index in [9.17, 15) is 4.79 Å². The maximum atomic E-state index is 11.8. The molecule has 1 aromatic rings. The Morgan fingerprint density at radius 3 is 2.73 bits per heavy atom. The zero-order chi connectivity index (χ0) is 11.5. The molecule has 0 saturated heterocycles. The van der Waals surface area contributed by atoms with Crippen molar-refractivity contribution in [2.45, 2.75) is 25.8 Å². The zero-order valence-corrected chi connectivity index (χ0v) is 11.1. The number of hydrogen-bond donors (Lipinski definition) is 2. The Kier molecular flexibility index (Phi) is 4.31. The molecule has 1 unspecified atom stereocenters. The van der Waals surface area contributed by atoms with Crippen molar-refractivity contribution < 1.29 is 9.90 Å². The van der Waals surface area contributed by atoms with Crippen molar-refractivity contribution in [2.75, 3.05) is 6.61 Å². The number of thiophene rings is 1. The summed E-state index contributed by atoms with van der Waals surface area (Å²) in [6.45, 7) is 3.70. The highest BCUT2D eigenvalue weighted by molar-refractivity contribution is 9.11. The van der Waals surface area contributed by atoms with E-state index in [4.69, 9.17) is 5.11 Å². The average molecular weight is 292 g/mol. The highest BCUT2D eigenvalue weighted by Gasteiger charge is 2.24. The molecule has 1 rings (SSSR count). The van der Waals surface area contributed by atoms with Crippen molar-refractivity contribution in [3.63, 3.8) is 0 Å². The van der Waals surface area contributed by atoms with Gasteiger partial charge in [-0.05, 0) is 41.4 Å². The van der Waals surface area contributed by atoms with Crippen molar-refractivity contribution in [3.8, 4) is 0 Å². The van der Waals surface area contributed by atoms with Crippen molar-refractivity contribution in [2.24, 2.45) is 0 Å². The molecule has 0 aliphatic carbocycles. The van der Waals surface area contributed by atoms with Gasteiger partial charge < -0.3 is 10.4 Å². The summed E-state index contributed by atoms with van der Waals surface area (Å²) in [6.07, 6.45) is 0.696. The first-order valence-corrected chi connectivity index (χ1v) is 6.30. The van der Waals surface area contributed by atoms with E-state index in [1.165, 1.54) is 11.3 Å². The van der Waals surface area contributed by atoms with Crippen LogP contribution >= 0.6 is 27.3 Å². The summed E-state index contributed by atoms with van der Waals surface area (Å²) in [4.78, 5) is 12.4. The van der Waals surface area contributed by atoms with Gasteiger partial charge in [0.1, 0.15) is 0 Å². The highest BCUT2D eigenvalue weighted by atomic mass is 79.9. The van der Waals surface area contributed by atoms with Crippen molar-refractivity contribution >= 4 is 33.2 Å². The summed E-state index contributed by atoms with van der Waals surface area (Å²) in [5.41, 5.74) is -0.534. The van der Waals surface area contributed by atoms with E-state index < -0.39 is 5.54 Å². The van der Waals surface area contributed by atoms with E-state index in [0.717, 1.165) is 3.79 Å². The van der Waals surface area contributed by atoms with Gasteiger partial charge in [-0.2, -0.15) is 0 Å². The minimum absolute atomic E-state index is 0.0538. The molecule has 15 heavy (non-hydrogen) atoms. The van der Waals surface area contributed by atoms with Crippen LogP contribution in [0.1, 0.15) is 29.9 Å². The first-order valence-electron chi connectivity index (χ1n) is 4.69. The molecule has 0 aromatic carbocycles. The Labute approximate surface area is 102 Å². The third-order valence-corrected chi connectivity index (χ3v) is 3.96. The van der Waals surface area contributed by atoms with Crippen LogP contribution in [-0.2, 0) is 0 Å². The molecule has 0 aliphatic rings. The van der Waals surface area contributed by atoms with Gasteiger partial charge in [-0.15, -0.1) is 11.3 Å². The van der Waals surface area contributed by atoms with Crippen molar-refractivity contribution in [3.05, 3.63) is 20.8 Å². The van der Waals surface area contributed by atoms with Crippen LogP contribution in [0.15, 0.2) is 15.9 Å².